The molecule has 2 bridgehead atoms. The Morgan fingerprint density at radius 2 is 1.67 bits per heavy atom. The summed E-state index contributed by atoms with van der Waals surface area (Å²) in [7, 11) is 1.26. The first-order chi connectivity index (χ1) is 18.0. The average molecular weight is 543 g/mol. The van der Waals surface area contributed by atoms with Gasteiger partial charge >= 0.3 is 23.9 Å². The topological polar surface area (TPSA) is 122 Å². The summed E-state index contributed by atoms with van der Waals surface area (Å²) >= 11 is 0. The predicted molar refractivity (Wildman–Crippen MR) is 136 cm³/mol. The summed E-state index contributed by atoms with van der Waals surface area (Å²) < 4.78 is 23.1. The fraction of sp³-hybridized carbons (Fsp3) is 0.700. The smallest absolute Gasteiger partial charge is 0.321 e. The fourth-order valence-electron chi connectivity index (χ4n) is 9.85. The van der Waals surface area contributed by atoms with Crippen molar-refractivity contribution in [3.05, 3.63) is 23.0 Å². The van der Waals surface area contributed by atoms with E-state index in [-0.39, 0.29) is 41.4 Å². The predicted octanol–water partition coefficient (Wildman–Crippen LogP) is 3.84. The van der Waals surface area contributed by atoms with Crippen LogP contribution in [0.4, 0.5) is 0 Å². The SMILES string of the molecule is COC(=O)[C@]12C(OC(C)=O)=C(C)C(=O)[C@@]1(C)C(C)=C[C@@H]1[C@@]34CC[C@@H](OC(C)=O)C(C)(C)[C@@H]3[C@@H](C[C@]12C)OC4=O. The van der Waals surface area contributed by atoms with Crippen LogP contribution in [0.3, 0.4) is 0 Å². The lowest BCUT2D eigenvalue weighted by Crippen LogP contribution is -2.71. The number of rotatable bonds is 3. The number of esters is 4. The van der Waals surface area contributed by atoms with Crippen LogP contribution >= 0.6 is 0 Å². The molecule has 5 aliphatic rings. The van der Waals surface area contributed by atoms with Gasteiger partial charge in [0.2, 0.25) is 0 Å². The second-order valence-electron chi connectivity index (χ2n) is 13.1. The summed E-state index contributed by atoms with van der Waals surface area (Å²) in [4.78, 5) is 66.6. The zero-order valence-electron chi connectivity index (χ0n) is 24.2. The third kappa shape index (κ3) is 2.84. The molecule has 1 aliphatic heterocycles. The van der Waals surface area contributed by atoms with Crippen molar-refractivity contribution in [2.24, 2.45) is 38.9 Å². The molecule has 0 radical (unpaired) electrons. The molecule has 8 atom stereocenters. The Hall–Kier alpha value is -2.97. The summed E-state index contributed by atoms with van der Waals surface area (Å²) in [6.45, 7) is 13.6. The molecule has 3 fully saturated rings. The molecule has 0 amide bonds. The Morgan fingerprint density at radius 1 is 1.03 bits per heavy atom. The van der Waals surface area contributed by atoms with Gasteiger partial charge in [-0.3, -0.25) is 24.0 Å². The van der Waals surface area contributed by atoms with E-state index in [4.69, 9.17) is 18.9 Å². The van der Waals surface area contributed by atoms with E-state index in [2.05, 4.69) is 0 Å². The monoisotopic (exact) mass is 542 g/mol. The van der Waals surface area contributed by atoms with Gasteiger partial charge in [0.25, 0.3) is 0 Å². The number of Topliss-reactive ketones (excluding diaryl/α,β-unsaturated/α-hetero) is 1. The van der Waals surface area contributed by atoms with E-state index in [9.17, 15) is 24.0 Å². The number of fused-ring (bicyclic) bond motifs is 3. The first kappa shape index (κ1) is 27.6. The summed E-state index contributed by atoms with van der Waals surface area (Å²) in [6.07, 6.45) is 2.02. The normalized spacial score (nSPS) is 43.5. The minimum Gasteiger partial charge on any atom is -0.468 e. The van der Waals surface area contributed by atoms with E-state index < -0.39 is 57.1 Å². The number of ether oxygens (including phenoxy) is 4. The minimum absolute atomic E-state index is 0.00357. The Balaban J connectivity index is 1.82. The van der Waals surface area contributed by atoms with Crippen LogP contribution in [0.5, 0.6) is 0 Å². The van der Waals surface area contributed by atoms with Gasteiger partial charge in [-0.05, 0) is 40.0 Å². The van der Waals surface area contributed by atoms with E-state index in [1.807, 2.05) is 26.8 Å². The van der Waals surface area contributed by atoms with E-state index in [0.29, 0.717) is 18.4 Å². The summed E-state index contributed by atoms with van der Waals surface area (Å²) in [5.74, 6) is -3.21. The molecular formula is C30H38O9. The van der Waals surface area contributed by atoms with Gasteiger partial charge in [0.05, 0.1) is 17.9 Å². The first-order valence-corrected chi connectivity index (χ1v) is 13.6. The third-order valence-corrected chi connectivity index (χ3v) is 11.2. The Labute approximate surface area is 228 Å². The highest BCUT2D eigenvalue weighted by Gasteiger charge is 2.85. The van der Waals surface area contributed by atoms with Crippen molar-refractivity contribution < 1.29 is 42.9 Å². The number of carbonyl (C=O) groups is 5. The molecular weight excluding hydrogens is 504 g/mol. The van der Waals surface area contributed by atoms with Gasteiger partial charge in [-0.2, -0.15) is 0 Å². The van der Waals surface area contributed by atoms with Crippen molar-refractivity contribution >= 4 is 29.7 Å². The fourth-order valence-corrected chi connectivity index (χ4v) is 9.85. The molecule has 0 aromatic carbocycles. The number of ketones is 1. The van der Waals surface area contributed by atoms with Gasteiger partial charge in [0.15, 0.2) is 5.78 Å². The lowest BCUT2D eigenvalue weighted by molar-refractivity contribution is -0.218. The van der Waals surface area contributed by atoms with E-state index in [0.717, 1.165) is 0 Å². The van der Waals surface area contributed by atoms with Crippen LogP contribution in [0.1, 0.15) is 74.7 Å². The van der Waals surface area contributed by atoms with Gasteiger partial charge in [-0.15, -0.1) is 0 Å². The van der Waals surface area contributed by atoms with Gasteiger partial charge < -0.3 is 18.9 Å². The Kier molecular flexibility index (Phi) is 5.69. The van der Waals surface area contributed by atoms with Crippen molar-refractivity contribution in [3.8, 4) is 0 Å². The highest BCUT2D eigenvalue weighted by molar-refractivity contribution is 6.12. The van der Waals surface area contributed by atoms with Crippen LogP contribution in [-0.4, -0.2) is 49.0 Å². The lowest BCUT2D eigenvalue weighted by Gasteiger charge is -2.66. The lowest BCUT2D eigenvalue weighted by atomic mass is 9.33. The summed E-state index contributed by atoms with van der Waals surface area (Å²) in [5, 5.41) is 0. The van der Waals surface area contributed by atoms with Gasteiger partial charge in [-0.25, -0.2) is 0 Å². The highest BCUT2D eigenvalue weighted by Crippen LogP contribution is 2.79. The molecule has 9 nitrogen and oxygen atoms in total. The van der Waals surface area contributed by atoms with Crippen LogP contribution in [0.2, 0.25) is 0 Å². The van der Waals surface area contributed by atoms with Crippen LogP contribution in [0.25, 0.3) is 0 Å². The molecule has 212 valence electrons. The van der Waals surface area contributed by atoms with Crippen molar-refractivity contribution in [1.82, 2.24) is 0 Å². The van der Waals surface area contributed by atoms with Crippen molar-refractivity contribution in [2.75, 3.05) is 7.11 Å². The zero-order valence-corrected chi connectivity index (χ0v) is 24.2. The van der Waals surface area contributed by atoms with Crippen LogP contribution in [0, 0.1) is 38.9 Å². The number of allylic oxidation sites excluding steroid dienone is 3. The Morgan fingerprint density at radius 3 is 2.23 bits per heavy atom. The quantitative estimate of drug-likeness (QED) is 0.297. The number of hydrogen-bond acceptors (Lipinski definition) is 9. The molecule has 0 unspecified atom stereocenters. The summed E-state index contributed by atoms with van der Waals surface area (Å²) in [5.41, 5.74) is -5.02. The van der Waals surface area contributed by atoms with Gasteiger partial charge in [-0.1, -0.05) is 32.4 Å². The molecule has 4 aliphatic carbocycles. The molecule has 0 N–H and O–H groups in total. The Bertz CT molecular complexity index is 1290. The van der Waals surface area contributed by atoms with Crippen molar-refractivity contribution in [2.45, 2.75) is 86.9 Å². The van der Waals surface area contributed by atoms with Crippen LogP contribution < -0.4 is 0 Å². The number of methoxy groups -OCH3 is 1. The maximum absolute atomic E-state index is 14.2. The molecule has 0 aromatic heterocycles. The second-order valence-corrected chi connectivity index (χ2v) is 13.1. The standard InChI is InChI=1S/C30H38O9/c1-14-12-19-27(7,30(25(35)36-9)23(38-17(4)32)15(2)22(33)28(14,30)8)13-18-21-26(5,6)20(37-16(3)31)10-11-29(19,21)24(34)39-18/h12,18-21H,10-11,13H2,1-9H3/t18-,19+,20-,21+,27-,28-,29+,30+/m1/s1. The number of carbonyl (C=O) groups excluding carboxylic acids is 5. The molecule has 1 saturated heterocycles. The highest BCUT2D eigenvalue weighted by atomic mass is 16.6. The molecule has 5 rings (SSSR count). The van der Waals surface area contributed by atoms with E-state index in [1.54, 1.807) is 20.8 Å². The van der Waals surface area contributed by atoms with Gasteiger partial charge in [0, 0.05) is 42.1 Å². The molecule has 39 heavy (non-hydrogen) atoms. The largest absolute Gasteiger partial charge is 0.468 e. The molecule has 1 heterocycles. The zero-order chi connectivity index (χ0) is 29.1. The van der Waals surface area contributed by atoms with Crippen LogP contribution in [0.15, 0.2) is 23.0 Å². The summed E-state index contributed by atoms with van der Waals surface area (Å²) in [6, 6.07) is 0. The average Bonchev–Trinajstić information content (AvgIpc) is 3.17. The van der Waals surface area contributed by atoms with Crippen molar-refractivity contribution in [1.29, 1.82) is 0 Å². The maximum Gasteiger partial charge on any atom is 0.321 e. The molecule has 0 aromatic rings. The van der Waals surface area contributed by atoms with Gasteiger partial charge in [0.1, 0.15) is 23.4 Å². The molecule has 0 spiro atoms. The van der Waals surface area contributed by atoms with Crippen LogP contribution in [-0.2, 0) is 42.9 Å². The number of hydrogen-bond donors (Lipinski definition) is 0. The third-order valence-electron chi connectivity index (χ3n) is 11.2. The molecule has 2 saturated carbocycles. The van der Waals surface area contributed by atoms with Crippen molar-refractivity contribution in [3.63, 3.8) is 0 Å². The molecule has 9 heteroatoms. The minimum atomic E-state index is -1.70. The maximum atomic E-state index is 14.2. The van der Waals surface area contributed by atoms with E-state index in [1.165, 1.54) is 21.0 Å². The second kappa shape index (κ2) is 8.04. The first-order valence-electron chi connectivity index (χ1n) is 13.6. The van der Waals surface area contributed by atoms with E-state index >= 15 is 0 Å².